The third-order valence-corrected chi connectivity index (χ3v) is 1.89. The maximum absolute atomic E-state index is 12.1. The summed E-state index contributed by atoms with van der Waals surface area (Å²) in [5, 5.41) is 0. The van der Waals surface area contributed by atoms with Crippen molar-refractivity contribution in [3.63, 3.8) is 0 Å². The van der Waals surface area contributed by atoms with Crippen LogP contribution < -0.4 is 0 Å². The van der Waals surface area contributed by atoms with Crippen molar-refractivity contribution in [2.75, 3.05) is 0 Å². The van der Waals surface area contributed by atoms with Crippen LogP contribution in [0.5, 0.6) is 0 Å². The minimum absolute atomic E-state index is 0.0756. The van der Waals surface area contributed by atoms with E-state index in [1.165, 1.54) is 12.3 Å². The van der Waals surface area contributed by atoms with E-state index in [1.807, 2.05) is 0 Å². The average Bonchev–Trinajstić information content (AvgIpc) is 2.45. The summed E-state index contributed by atoms with van der Waals surface area (Å²) >= 11 is 3.07. The number of alkyl halides is 3. The van der Waals surface area contributed by atoms with Gasteiger partial charge in [0.05, 0.1) is 0 Å². The fraction of sp³-hybridized carbons (Fsp3) is 0.143. The highest BCUT2D eigenvalue weighted by molar-refractivity contribution is 9.10. The second-order valence-corrected chi connectivity index (χ2v) is 3.41. The summed E-state index contributed by atoms with van der Waals surface area (Å²) in [7, 11) is 0. The number of oxazole rings is 1. The molecule has 0 spiro atoms. The van der Waals surface area contributed by atoms with Gasteiger partial charge in [0.1, 0.15) is 5.52 Å². The van der Waals surface area contributed by atoms with Crippen LogP contribution in [0.4, 0.5) is 13.2 Å². The first-order valence-corrected chi connectivity index (χ1v) is 4.25. The van der Waals surface area contributed by atoms with Crippen LogP contribution in [0.3, 0.4) is 0 Å². The van der Waals surface area contributed by atoms with Crippen molar-refractivity contribution in [3.8, 4) is 0 Å². The summed E-state index contributed by atoms with van der Waals surface area (Å²) in [6, 6.07) is 1.40. The molecule has 3 nitrogen and oxygen atoms in total. The molecule has 2 aromatic heterocycles. The van der Waals surface area contributed by atoms with E-state index in [9.17, 15) is 13.2 Å². The van der Waals surface area contributed by atoms with Crippen molar-refractivity contribution >= 4 is 27.2 Å². The number of rotatable bonds is 0. The maximum atomic E-state index is 12.1. The number of pyridine rings is 1. The Labute approximate surface area is 84.1 Å². The standard InChI is InChI=1S/C7H2BrF3N2O/c8-3-1-4-5(12-2-3)14-6(13-4)7(9,10)11/h1-2H. The minimum atomic E-state index is -4.58. The normalized spacial score (nSPS) is 12.3. The van der Waals surface area contributed by atoms with Gasteiger partial charge in [0.15, 0.2) is 0 Å². The van der Waals surface area contributed by atoms with Crippen LogP contribution in [0.15, 0.2) is 21.2 Å². The Morgan fingerprint density at radius 1 is 1.36 bits per heavy atom. The van der Waals surface area contributed by atoms with Gasteiger partial charge in [0.25, 0.3) is 0 Å². The lowest BCUT2D eigenvalue weighted by molar-refractivity contribution is -0.156. The number of hydrogen-bond acceptors (Lipinski definition) is 3. The highest BCUT2D eigenvalue weighted by atomic mass is 79.9. The minimum Gasteiger partial charge on any atom is -0.414 e. The molecule has 0 aliphatic heterocycles. The van der Waals surface area contributed by atoms with Gasteiger partial charge in [-0.1, -0.05) is 0 Å². The zero-order valence-electron chi connectivity index (χ0n) is 6.47. The summed E-state index contributed by atoms with van der Waals surface area (Å²) in [6.07, 6.45) is -3.24. The number of hydrogen-bond donors (Lipinski definition) is 0. The van der Waals surface area contributed by atoms with Crippen molar-refractivity contribution in [3.05, 3.63) is 22.6 Å². The van der Waals surface area contributed by atoms with E-state index in [-0.39, 0.29) is 11.2 Å². The summed E-state index contributed by atoms with van der Waals surface area (Å²) in [5.41, 5.74) is -0.0489. The number of aromatic nitrogens is 2. The van der Waals surface area contributed by atoms with Gasteiger partial charge in [-0.15, -0.1) is 0 Å². The van der Waals surface area contributed by atoms with Crippen molar-refractivity contribution in [2.24, 2.45) is 0 Å². The van der Waals surface area contributed by atoms with E-state index in [2.05, 4.69) is 30.3 Å². The van der Waals surface area contributed by atoms with Crippen LogP contribution in [0, 0.1) is 0 Å². The van der Waals surface area contributed by atoms with Crippen molar-refractivity contribution in [1.29, 1.82) is 0 Å². The molecule has 2 aromatic rings. The molecule has 2 rings (SSSR count). The van der Waals surface area contributed by atoms with Gasteiger partial charge in [-0.05, 0) is 22.0 Å². The molecule has 0 aliphatic carbocycles. The van der Waals surface area contributed by atoms with Crippen LogP contribution >= 0.6 is 15.9 Å². The predicted octanol–water partition coefficient (Wildman–Crippen LogP) is 3.00. The molecule has 0 fully saturated rings. The summed E-state index contributed by atoms with van der Waals surface area (Å²) in [5.74, 6) is -1.28. The molecule has 0 atom stereocenters. The van der Waals surface area contributed by atoms with E-state index in [4.69, 9.17) is 0 Å². The van der Waals surface area contributed by atoms with Crippen LogP contribution in [0.1, 0.15) is 5.89 Å². The Morgan fingerprint density at radius 2 is 2.07 bits per heavy atom. The first-order valence-electron chi connectivity index (χ1n) is 3.46. The third kappa shape index (κ3) is 1.59. The Hall–Kier alpha value is -1.11. The Morgan fingerprint density at radius 3 is 2.71 bits per heavy atom. The van der Waals surface area contributed by atoms with Crippen LogP contribution in [0.25, 0.3) is 11.2 Å². The quantitative estimate of drug-likeness (QED) is 0.736. The molecule has 7 heteroatoms. The fourth-order valence-corrected chi connectivity index (χ4v) is 1.24. The summed E-state index contributed by atoms with van der Waals surface area (Å²) < 4.78 is 41.4. The lowest BCUT2D eigenvalue weighted by atomic mass is 10.4. The molecule has 0 bridgehead atoms. The predicted molar refractivity (Wildman–Crippen MR) is 44.5 cm³/mol. The molecule has 0 N–H and O–H groups in total. The van der Waals surface area contributed by atoms with Gasteiger partial charge in [0.2, 0.25) is 5.71 Å². The van der Waals surface area contributed by atoms with Crippen molar-refractivity contribution in [1.82, 2.24) is 9.97 Å². The van der Waals surface area contributed by atoms with Gasteiger partial charge < -0.3 is 4.42 Å². The molecule has 2 heterocycles. The number of fused-ring (bicyclic) bond motifs is 1. The molecule has 0 aromatic carbocycles. The molecule has 0 saturated carbocycles. The van der Waals surface area contributed by atoms with Gasteiger partial charge in [-0.25, -0.2) is 9.97 Å². The SMILES string of the molecule is FC(F)(F)c1nc2cc(Br)cnc2o1. The molecule has 0 radical (unpaired) electrons. The van der Waals surface area contributed by atoms with E-state index < -0.39 is 12.1 Å². The van der Waals surface area contributed by atoms with E-state index in [0.29, 0.717) is 4.47 Å². The second-order valence-electron chi connectivity index (χ2n) is 2.49. The monoisotopic (exact) mass is 266 g/mol. The number of halogens is 4. The molecular weight excluding hydrogens is 265 g/mol. The van der Waals surface area contributed by atoms with Crippen molar-refractivity contribution in [2.45, 2.75) is 6.18 Å². The molecule has 0 saturated heterocycles. The van der Waals surface area contributed by atoms with Crippen LogP contribution in [0.2, 0.25) is 0 Å². The van der Waals surface area contributed by atoms with Crippen molar-refractivity contribution < 1.29 is 17.6 Å². The van der Waals surface area contributed by atoms with E-state index in [0.717, 1.165) is 0 Å². The third-order valence-electron chi connectivity index (χ3n) is 1.46. The van der Waals surface area contributed by atoms with E-state index >= 15 is 0 Å². The highest BCUT2D eigenvalue weighted by Crippen LogP contribution is 2.30. The van der Waals surface area contributed by atoms with E-state index in [1.54, 1.807) is 0 Å². The zero-order valence-corrected chi connectivity index (χ0v) is 8.06. The molecule has 0 amide bonds. The molecular formula is C7H2BrF3N2O. The summed E-state index contributed by atoms with van der Waals surface area (Å²) in [6.45, 7) is 0. The molecule has 74 valence electrons. The highest BCUT2D eigenvalue weighted by Gasteiger charge is 2.37. The Kier molecular flexibility index (Phi) is 1.99. The second kappa shape index (κ2) is 2.94. The smallest absolute Gasteiger partial charge is 0.414 e. The largest absolute Gasteiger partial charge is 0.469 e. The number of nitrogens with zero attached hydrogens (tertiary/aromatic N) is 2. The molecule has 0 aliphatic rings. The topological polar surface area (TPSA) is 38.9 Å². The van der Waals surface area contributed by atoms with Crippen LogP contribution in [-0.4, -0.2) is 9.97 Å². The van der Waals surface area contributed by atoms with Gasteiger partial charge in [-0.2, -0.15) is 13.2 Å². The average molecular weight is 267 g/mol. The van der Waals surface area contributed by atoms with Gasteiger partial charge in [-0.3, -0.25) is 0 Å². The Bertz CT molecular complexity index is 479. The summed E-state index contributed by atoms with van der Waals surface area (Å²) in [4.78, 5) is 6.90. The lowest BCUT2D eigenvalue weighted by Gasteiger charge is -1.96. The lowest BCUT2D eigenvalue weighted by Crippen LogP contribution is -2.04. The van der Waals surface area contributed by atoms with Gasteiger partial charge in [0, 0.05) is 10.7 Å². The maximum Gasteiger partial charge on any atom is 0.469 e. The Balaban J connectivity index is 2.63. The molecule has 14 heavy (non-hydrogen) atoms. The zero-order chi connectivity index (χ0) is 10.3. The van der Waals surface area contributed by atoms with Gasteiger partial charge >= 0.3 is 12.1 Å². The molecule has 0 unspecified atom stereocenters. The first kappa shape index (κ1) is 9.45. The van der Waals surface area contributed by atoms with Crippen LogP contribution in [-0.2, 0) is 6.18 Å². The first-order chi connectivity index (χ1) is 6.47. The fourth-order valence-electron chi connectivity index (χ4n) is 0.920.